The van der Waals surface area contributed by atoms with Crippen LogP contribution in [0.3, 0.4) is 0 Å². The Morgan fingerprint density at radius 3 is 2.79 bits per heavy atom. The van der Waals surface area contributed by atoms with Crippen LogP contribution in [0.5, 0.6) is 5.75 Å². The van der Waals surface area contributed by atoms with Crippen molar-refractivity contribution in [3.63, 3.8) is 0 Å². The molecule has 0 bridgehead atoms. The van der Waals surface area contributed by atoms with E-state index in [1.807, 2.05) is 36.1 Å². The van der Waals surface area contributed by atoms with E-state index in [4.69, 9.17) is 10.00 Å². The molecule has 0 spiro atoms. The monoisotopic (exact) mass is 320 g/mol. The van der Waals surface area contributed by atoms with Gasteiger partial charge >= 0.3 is 0 Å². The fourth-order valence-corrected chi connectivity index (χ4v) is 3.20. The first kappa shape index (κ1) is 16.1. The normalized spacial score (nSPS) is 16.7. The molecular weight excluding hydrogens is 300 g/mol. The zero-order chi connectivity index (χ0) is 16.9. The third kappa shape index (κ3) is 3.26. The Morgan fingerprint density at radius 1 is 1.29 bits per heavy atom. The van der Waals surface area contributed by atoms with Gasteiger partial charge in [-0.3, -0.25) is 4.79 Å². The smallest absolute Gasteiger partial charge is 0.254 e. The minimum absolute atomic E-state index is 0.0107. The topological polar surface area (TPSA) is 53.3 Å². The van der Waals surface area contributed by atoms with Crippen LogP contribution in [0.15, 0.2) is 48.5 Å². The Hall–Kier alpha value is -2.80. The summed E-state index contributed by atoms with van der Waals surface area (Å²) in [5.74, 6) is 0.835. The number of likely N-dealkylation sites (tertiary alicyclic amines) is 1. The molecule has 1 saturated heterocycles. The molecule has 4 nitrogen and oxygen atoms in total. The lowest BCUT2D eigenvalue weighted by Crippen LogP contribution is -2.30. The lowest BCUT2D eigenvalue weighted by Gasteiger charge is -2.25. The quantitative estimate of drug-likeness (QED) is 0.857. The molecule has 0 unspecified atom stereocenters. The Balaban J connectivity index is 1.82. The van der Waals surface area contributed by atoms with E-state index < -0.39 is 0 Å². The van der Waals surface area contributed by atoms with Gasteiger partial charge in [0.05, 0.1) is 24.3 Å². The summed E-state index contributed by atoms with van der Waals surface area (Å²) in [6.45, 7) is 3.34. The largest absolute Gasteiger partial charge is 0.494 e. The van der Waals surface area contributed by atoms with Crippen LogP contribution >= 0.6 is 0 Å². The van der Waals surface area contributed by atoms with Crippen LogP contribution in [-0.2, 0) is 0 Å². The SMILES string of the molecule is CCOc1ccc([C@H]2CCCN2C(=O)c2cccc(C#N)c2)cc1. The number of hydrogen-bond acceptors (Lipinski definition) is 3. The van der Waals surface area contributed by atoms with Gasteiger partial charge in [-0.2, -0.15) is 5.26 Å². The summed E-state index contributed by atoms with van der Waals surface area (Å²) >= 11 is 0. The molecule has 0 aromatic heterocycles. The molecule has 0 N–H and O–H groups in total. The summed E-state index contributed by atoms with van der Waals surface area (Å²) in [5, 5.41) is 9.02. The summed E-state index contributed by atoms with van der Waals surface area (Å²) in [7, 11) is 0. The summed E-state index contributed by atoms with van der Waals surface area (Å²) in [4.78, 5) is 14.8. The summed E-state index contributed by atoms with van der Waals surface area (Å²) < 4.78 is 5.48. The maximum absolute atomic E-state index is 12.9. The predicted octanol–water partition coefficient (Wildman–Crippen LogP) is 3.93. The summed E-state index contributed by atoms with van der Waals surface area (Å²) in [6.07, 6.45) is 1.94. The Kier molecular flexibility index (Phi) is 4.81. The van der Waals surface area contributed by atoms with E-state index in [2.05, 4.69) is 6.07 Å². The van der Waals surface area contributed by atoms with Gasteiger partial charge in [0.1, 0.15) is 5.75 Å². The van der Waals surface area contributed by atoms with Gasteiger partial charge in [0.25, 0.3) is 5.91 Å². The van der Waals surface area contributed by atoms with Crippen molar-refractivity contribution in [1.82, 2.24) is 4.90 Å². The second kappa shape index (κ2) is 7.18. The van der Waals surface area contributed by atoms with Crippen LogP contribution in [0.25, 0.3) is 0 Å². The molecule has 0 radical (unpaired) electrons. The third-order valence-corrected chi connectivity index (χ3v) is 4.33. The molecule has 1 amide bonds. The molecule has 1 atom stereocenters. The molecule has 122 valence electrons. The maximum atomic E-state index is 12.9. The van der Waals surface area contributed by atoms with Crippen molar-refractivity contribution in [1.29, 1.82) is 5.26 Å². The highest BCUT2D eigenvalue weighted by Crippen LogP contribution is 2.34. The van der Waals surface area contributed by atoms with Crippen LogP contribution in [-0.4, -0.2) is 24.0 Å². The molecule has 1 fully saturated rings. The van der Waals surface area contributed by atoms with Gasteiger partial charge in [0, 0.05) is 12.1 Å². The van der Waals surface area contributed by atoms with Crippen molar-refractivity contribution in [2.45, 2.75) is 25.8 Å². The molecule has 24 heavy (non-hydrogen) atoms. The number of benzene rings is 2. The van der Waals surface area contributed by atoms with Gasteiger partial charge < -0.3 is 9.64 Å². The van der Waals surface area contributed by atoms with Crippen LogP contribution in [0.2, 0.25) is 0 Å². The first-order chi connectivity index (χ1) is 11.7. The highest BCUT2D eigenvalue weighted by molar-refractivity contribution is 5.95. The fraction of sp³-hybridized carbons (Fsp3) is 0.300. The Labute approximate surface area is 142 Å². The summed E-state index contributed by atoms with van der Waals surface area (Å²) in [6, 6.07) is 17.1. The van der Waals surface area contributed by atoms with Crippen molar-refractivity contribution in [2.75, 3.05) is 13.2 Å². The minimum atomic E-state index is -0.0107. The zero-order valence-corrected chi connectivity index (χ0v) is 13.7. The molecule has 1 heterocycles. The van der Waals surface area contributed by atoms with Gasteiger partial charge in [-0.05, 0) is 55.7 Å². The highest BCUT2D eigenvalue weighted by Gasteiger charge is 2.30. The van der Waals surface area contributed by atoms with Gasteiger partial charge in [-0.1, -0.05) is 18.2 Å². The fourth-order valence-electron chi connectivity index (χ4n) is 3.20. The molecule has 0 saturated carbocycles. The van der Waals surface area contributed by atoms with E-state index >= 15 is 0 Å². The van der Waals surface area contributed by atoms with Crippen molar-refractivity contribution >= 4 is 5.91 Å². The van der Waals surface area contributed by atoms with Gasteiger partial charge in [-0.15, -0.1) is 0 Å². The number of ether oxygens (including phenoxy) is 1. The molecule has 1 aliphatic rings. The molecule has 0 aliphatic carbocycles. The second-order valence-electron chi connectivity index (χ2n) is 5.85. The predicted molar refractivity (Wildman–Crippen MR) is 91.8 cm³/mol. The number of amides is 1. The van der Waals surface area contributed by atoms with Crippen molar-refractivity contribution in [2.24, 2.45) is 0 Å². The number of nitrogens with zero attached hydrogens (tertiary/aromatic N) is 2. The number of carbonyl (C=O) groups is 1. The maximum Gasteiger partial charge on any atom is 0.254 e. The van der Waals surface area contributed by atoms with Crippen LogP contribution in [0.1, 0.15) is 47.3 Å². The standard InChI is InChI=1S/C20H20N2O2/c1-2-24-18-10-8-16(9-11-18)19-7-4-12-22(19)20(23)17-6-3-5-15(13-17)14-21/h3,5-6,8-11,13,19H,2,4,7,12H2,1H3/t19-/m1/s1. The lowest BCUT2D eigenvalue weighted by molar-refractivity contribution is 0.0735. The van der Waals surface area contributed by atoms with Crippen LogP contribution in [0.4, 0.5) is 0 Å². The number of nitriles is 1. The summed E-state index contributed by atoms with van der Waals surface area (Å²) in [5.41, 5.74) is 2.21. The minimum Gasteiger partial charge on any atom is -0.494 e. The van der Waals surface area contributed by atoms with E-state index in [0.717, 1.165) is 30.7 Å². The first-order valence-electron chi connectivity index (χ1n) is 8.27. The molecule has 1 aliphatic heterocycles. The Bertz CT molecular complexity index is 762. The van der Waals surface area contributed by atoms with Gasteiger partial charge in [-0.25, -0.2) is 0 Å². The van der Waals surface area contributed by atoms with E-state index in [0.29, 0.717) is 17.7 Å². The van der Waals surface area contributed by atoms with Crippen molar-refractivity contribution in [3.05, 3.63) is 65.2 Å². The number of hydrogen-bond donors (Lipinski definition) is 0. The lowest BCUT2D eigenvalue weighted by atomic mass is 10.0. The average molecular weight is 320 g/mol. The molecule has 4 heteroatoms. The van der Waals surface area contributed by atoms with Crippen LogP contribution in [0, 0.1) is 11.3 Å². The van der Waals surface area contributed by atoms with E-state index in [1.165, 1.54) is 0 Å². The highest BCUT2D eigenvalue weighted by atomic mass is 16.5. The molecule has 2 aromatic rings. The Morgan fingerprint density at radius 2 is 2.08 bits per heavy atom. The third-order valence-electron chi connectivity index (χ3n) is 4.33. The van der Waals surface area contributed by atoms with Crippen molar-refractivity contribution < 1.29 is 9.53 Å². The van der Waals surface area contributed by atoms with E-state index in [1.54, 1.807) is 24.3 Å². The van der Waals surface area contributed by atoms with Gasteiger partial charge in [0.15, 0.2) is 0 Å². The van der Waals surface area contributed by atoms with Gasteiger partial charge in [0.2, 0.25) is 0 Å². The van der Waals surface area contributed by atoms with Crippen molar-refractivity contribution in [3.8, 4) is 11.8 Å². The second-order valence-corrected chi connectivity index (χ2v) is 5.85. The van der Waals surface area contributed by atoms with E-state index in [9.17, 15) is 4.79 Å². The molecular formula is C20H20N2O2. The number of carbonyl (C=O) groups excluding carboxylic acids is 1. The van der Waals surface area contributed by atoms with Crippen LogP contribution < -0.4 is 4.74 Å². The van der Waals surface area contributed by atoms with E-state index in [-0.39, 0.29) is 11.9 Å². The zero-order valence-electron chi connectivity index (χ0n) is 13.7. The molecule has 3 rings (SSSR count). The first-order valence-corrected chi connectivity index (χ1v) is 8.27. The number of rotatable bonds is 4. The average Bonchev–Trinajstić information content (AvgIpc) is 3.12. The molecule has 2 aromatic carbocycles.